The molecule has 4 nitrogen and oxygen atoms in total. The van der Waals surface area contributed by atoms with E-state index in [9.17, 15) is 14.7 Å². The molecule has 0 spiro atoms. The zero-order valence-corrected chi connectivity index (χ0v) is 22.5. The van der Waals surface area contributed by atoms with Crippen LogP contribution in [0.3, 0.4) is 0 Å². The van der Waals surface area contributed by atoms with E-state index in [1.54, 1.807) is 6.92 Å². The van der Waals surface area contributed by atoms with Crippen LogP contribution in [0, 0.1) is 39.4 Å². The summed E-state index contributed by atoms with van der Waals surface area (Å²) in [4.78, 5) is 25.2. The molecule has 4 rings (SSSR count). The van der Waals surface area contributed by atoms with Crippen molar-refractivity contribution >= 4 is 11.8 Å². The van der Waals surface area contributed by atoms with Crippen LogP contribution in [0.1, 0.15) is 106 Å². The largest absolute Gasteiger partial charge is 0.478 e. The number of rotatable bonds is 5. The molecule has 0 saturated heterocycles. The number of hydrogen-bond donors (Lipinski definition) is 2. The van der Waals surface area contributed by atoms with Crippen LogP contribution >= 0.6 is 0 Å². The first-order valence-electron chi connectivity index (χ1n) is 13.6. The summed E-state index contributed by atoms with van der Waals surface area (Å²) in [6.07, 6.45) is 9.97. The Hall–Kier alpha value is -1.42. The third kappa shape index (κ3) is 3.49. The predicted molar refractivity (Wildman–Crippen MR) is 135 cm³/mol. The number of carbonyl (C=O) groups is 2. The van der Waals surface area contributed by atoms with Crippen molar-refractivity contribution in [3.63, 3.8) is 0 Å². The van der Waals surface area contributed by atoms with Gasteiger partial charge in [-0.1, -0.05) is 53.2 Å². The molecule has 0 aromatic rings. The highest BCUT2D eigenvalue weighted by Crippen LogP contribution is 2.71. The van der Waals surface area contributed by atoms with E-state index in [0.717, 1.165) is 56.9 Å². The number of carbonyl (C=O) groups excluding carboxylic acids is 1. The lowest BCUT2D eigenvalue weighted by Gasteiger charge is -2.61. The van der Waals surface area contributed by atoms with Gasteiger partial charge in [0.15, 0.2) is 5.78 Å². The molecule has 7 atom stereocenters. The molecular weight excluding hydrogens is 424 g/mol. The summed E-state index contributed by atoms with van der Waals surface area (Å²) in [5, 5.41) is 19.9. The first-order valence-corrected chi connectivity index (χ1v) is 13.6. The Morgan fingerprint density at radius 1 is 1.12 bits per heavy atom. The van der Waals surface area contributed by atoms with Gasteiger partial charge in [0.2, 0.25) is 0 Å². The second kappa shape index (κ2) is 8.32. The summed E-state index contributed by atoms with van der Waals surface area (Å²) in [6, 6.07) is 0. The van der Waals surface area contributed by atoms with Gasteiger partial charge in [0.25, 0.3) is 0 Å². The van der Waals surface area contributed by atoms with E-state index in [1.807, 2.05) is 6.08 Å². The average molecular weight is 471 g/mol. The average Bonchev–Trinajstić information content (AvgIpc) is 3.02. The Labute approximate surface area is 206 Å². The lowest BCUT2D eigenvalue weighted by atomic mass is 9.43. The number of aliphatic carboxylic acids is 1. The number of fused-ring (bicyclic) bond motifs is 4. The van der Waals surface area contributed by atoms with E-state index in [2.05, 4.69) is 41.5 Å². The number of Topliss-reactive ketones (excluding diaryl/α,β-unsaturated/α-hetero) is 1. The molecule has 0 bridgehead atoms. The summed E-state index contributed by atoms with van der Waals surface area (Å²) in [5.74, 6) is 0.808. The highest BCUT2D eigenvalue weighted by atomic mass is 16.4. The maximum atomic E-state index is 14.0. The van der Waals surface area contributed by atoms with Crippen molar-refractivity contribution in [2.24, 2.45) is 39.4 Å². The molecule has 0 aliphatic heterocycles. The minimum Gasteiger partial charge on any atom is -0.478 e. The smallest absolute Gasteiger partial charge is 0.330 e. The summed E-state index contributed by atoms with van der Waals surface area (Å²) in [5.41, 5.74) is 2.74. The van der Waals surface area contributed by atoms with Crippen molar-refractivity contribution in [2.75, 3.05) is 0 Å². The fourth-order valence-corrected chi connectivity index (χ4v) is 9.29. The van der Waals surface area contributed by atoms with Crippen molar-refractivity contribution in [3.05, 3.63) is 22.8 Å². The number of aliphatic hydroxyl groups excluding tert-OH is 1. The van der Waals surface area contributed by atoms with Gasteiger partial charge in [0.1, 0.15) is 0 Å². The van der Waals surface area contributed by atoms with E-state index < -0.39 is 5.97 Å². The zero-order chi connectivity index (χ0) is 25.3. The molecule has 4 aliphatic rings. The molecule has 2 saturated carbocycles. The normalized spacial score (nSPS) is 42.6. The SMILES string of the molecule is C/C(=C\CC[C@@H](C)C1CC[C@@]2(C)C3=C(C(=O)C[C@]12C)[C@@]1(C)CC[C@H](O)C(C)(C)C1CC3)C(=O)O. The van der Waals surface area contributed by atoms with Crippen LogP contribution in [0.4, 0.5) is 0 Å². The van der Waals surface area contributed by atoms with E-state index in [0.29, 0.717) is 35.5 Å². The molecule has 0 aromatic heterocycles. The maximum Gasteiger partial charge on any atom is 0.330 e. The summed E-state index contributed by atoms with van der Waals surface area (Å²) < 4.78 is 0. The minimum atomic E-state index is -0.840. The molecule has 0 aromatic carbocycles. The Morgan fingerprint density at radius 3 is 2.44 bits per heavy atom. The molecule has 2 N–H and O–H groups in total. The summed E-state index contributed by atoms with van der Waals surface area (Å²) in [7, 11) is 0. The van der Waals surface area contributed by atoms with Gasteiger partial charge in [-0.25, -0.2) is 4.79 Å². The van der Waals surface area contributed by atoms with Crippen LogP contribution in [-0.2, 0) is 9.59 Å². The van der Waals surface area contributed by atoms with Gasteiger partial charge in [0, 0.05) is 17.6 Å². The van der Waals surface area contributed by atoms with E-state index >= 15 is 0 Å². The Kier molecular flexibility index (Phi) is 6.28. The molecule has 2 unspecified atom stereocenters. The van der Waals surface area contributed by atoms with Crippen LogP contribution in [0.25, 0.3) is 0 Å². The number of allylic oxidation sites excluding steroid dienone is 3. The fraction of sp³-hybridized carbons (Fsp3) is 0.800. The van der Waals surface area contributed by atoms with E-state index in [4.69, 9.17) is 5.11 Å². The van der Waals surface area contributed by atoms with E-state index in [-0.39, 0.29) is 27.8 Å². The van der Waals surface area contributed by atoms with Crippen molar-refractivity contribution in [1.29, 1.82) is 0 Å². The van der Waals surface area contributed by atoms with Crippen LogP contribution in [0.15, 0.2) is 22.8 Å². The van der Waals surface area contributed by atoms with Crippen LogP contribution in [0.2, 0.25) is 0 Å². The van der Waals surface area contributed by atoms with E-state index in [1.165, 1.54) is 5.57 Å². The maximum absolute atomic E-state index is 14.0. The van der Waals surface area contributed by atoms with Gasteiger partial charge < -0.3 is 10.2 Å². The van der Waals surface area contributed by atoms with Gasteiger partial charge in [-0.15, -0.1) is 0 Å². The molecule has 0 amide bonds. The van der Waals surface area contributed by atoms with Gasteiger partial charge in [-0.3, -0.25) is 4.79 Å². The standard InChI is InChI=1S/C30H46O4/c1-18(9-8-10-19(2)26(33)34)20-13-16-29(6)21-11-12-23-27(3,4)24(32)14-15-28(23,5)25(21)22(31)17-30(20,29)7/h10,18,20,23-24,32H,8-9,11-17H2,1-7H3,(H,33,34)/b19-10+/t18-,20?,23?,24+,28+,29+,30-/m1/s1. The second-order valence-corrected chi connectivity index (χ2v) is 13.5. The fourth-order valence-electron chi connectivity index (χ4n) is 9.29. The Balaban J connectivity index is 1.66. The lowest BCUT2D eigenvalue weighted by molar-refractivity contribution is -0.133. The molecular formula is C30H46O4. The summed E-state index contributed by atoms with van der Waals surface area (Å²) in [6.45, 7) is 15.5. The van der Waals surface area contributed by atoms with Gasteiger partial charge in [0.05, 0.1) is 6.10 Å². The minimum absolute atomic E-state index is 0.0409. The van der Waals surface area contributed by atoms with Crippen LogP contribution in [0.5, 0.6) is 0 Å². The first kappa shape index (κ1) is 25.7. The number of aliphatic hydroxyl groups is 1. The van der Waals surface area contributed by atoms with Gasteiger partial charge in [-0.05, 0) is 97.7 Å². The van der Waals surface area contributed by atoms with Crippen molar-refractivity contribution in [1.82, 2.24) is 0 Å². The molecule has 2 fully saturated rings. The third-order valence-corrected chi connectivity index (χ3v) is 11.6. The zero-order valence-electron chi connectivity index (χ0n) is 22.5. The number of hydrogen-bond acceptors (Lipinski definition) is 3. The van der Waals surface area contributed by atoms with Crippen LogP contribution in [-0.4, -0.2) is 28.1 Å². The molecule has 4 aliphatic carbocycles. The molecule has 4 heteroatoms. The highest BCUT2D eigenvalue weighted by molar-refractivity contribution is 6.00. The highest BCUT2D eigenvalue weighted by Gasteiger charge is 2.65. The molecule has 34 heavy (non-hydrogen) atoms. The van der Waals surface area contributed by atoms with Gasteiger partial charge in [-0.2, -0.15) is 0 Å². The van der Waals surface area contributed by atoms with Crippen molar-refractivity contribution in [2.45, 2.75) is 112 Å². The van der Waals surface area contributed by atoms with Crippen molar-refractivity contribution < 1.29 is 19.8 Å². The Bertz CT molecular complexity index is 941. The van der Waals surface area contributed by atoms with Crippen molar-refractivity contribution in [3.8, 4) is 0 Å². The monoisotopic (exact) mass is 470 g/mol. The second-order valence-electron chi connectivity index (χ2n) is 13.5. The van der Waals surface area contributed by atoms with Gasteiger partial charge >= 0.3 is 5.97 Å². The molecule has 0 radical (unpaired) electrons. The van der Waals surface area contributed by atoms with Crippen LogP contribution < -0.4 is 0 Å². The predicted octanol–water partition coefficient (Wildman–Crippen LogP) is 6.72. The third-order valence-electron chi connectivity index (χ3n) is 11.6. The lowest BCUT2D eigenvalue weighted by Crippen LogP contribution is -2.57. The number of carboxylic acids is 1. The summed E-state index contributed by atoms with van der Waals surface area (Å²) >= 11 is 0. The first-order chi connectivity index (χ1) is 15.7. The quantitative estimate of drug-likeness (QED) is 0.437. The molecule has 0 heterocycles. The number of carboxylic acid groups (broad SMARTS) is 1. The molecule has 190 valence electrons. The Morgan fingerprint density at radius 2 is 1.79 bits per heavy atom. The topological polar surface area (TPSA) is 74.6 Å². The number of ketones is 1.